The molecule has 0 bridgehead atoms. The van der Waals surface area contributed by atoms with Gasteiger partial charge in [0.05, 0.1) is 18.5 Å². The van der Waals surface area contributed by atoms with Gasteiger partial charge in [-0.1, -0.05) is 51.8 Å². The summed E-state index contributed by atoms with van der Waals surface area (Å²) in [7, 11) is 1.69. The molecule has 0 aliphatic rings. The number of para-hydroxylation sites is 1. The molecule has 0 saturated carbocycles. The monoisotopic (exact) mass is 334 g/mol. The van der Waals surface area contributed by atoms with Gasteiger partial charge in [0.1, 0.15) is 11.5 Å². The van der Waals surface area contributed by atoms with Gasteiger partial charge in [0, 0.05) is 11.1 Å². The maximum atomic E-state index is 5.74. The average Bonchev–Trinajstić information content (AvgIpc) is 2.48. The second-order valence-corrected chi connectivity index (χ2v) is 5.49. The third-order valence-corrected chi connectivity index (χ3v) is 4.14. The summed E-state index contributed by atoms with van der Waals surface area (Å²) in [6.07, 6.45) is 0. The maximum Gasteiger partial charge on any atom is 0.123 e. The Balaban J connectivity index is 2.46. The first-order valence-electron chi connectivity index (χ1n) is 6.67. The molecule has 0 amide bonds. The number of ether oxygens (including phenoxy) is 2. The molecule has 2 nitrogen and oxygen atoms in total. The van der Waals surface area contributed by atoms with E-state index in [9.17, 15) is 0 Å². The van der Waals surface area contributed by atoms with Crippen LogP contribution in [0.25, 0.3) is 0 Å². The lowest BCUT2D eigenvalue weighted by Crippen LogP contribution is -2.02. The van der Waals surface area contributed by atoms with Crippen LogP contribution in [0, 0.1) is 6.92 Å². The van der Waals surface area contributed by atoms with E-state index in [2.05, 4.69) is 41.1 Å². The minimum Gasteiger partial charge on any atom is -0.496 e. The molecule has 0 aliphatic carbocycles. The molecule has 0 saturated heterocycles. The number of hydrogen-bond donors (Lipinski definition) is 0. The number of methoxy groups -OCH3 is 1. The van der Waals surface area contributed by atoms with Crippen LogP contribution in [0.1, 0.15) is 28.4 Å². The highest BCUT2D eigenvalue weighted by Gasteiger charge is 2.18. The highest BCUT2D eigenvalue weighted by Crippen LogP contribution is 2.40. The van der Waals surface area contributed by atoms with Crippen LogP contribution < -0.4 is 9.47 Å². The number of hydrogen-bond acceptors (Lipinski definition) is 2. The molecule has 0 aliphatic heterocycles. The van der Waals surface area contributed by atoms with Crippen LogP contribution >= 0.6 is 15.9 Å². The number of benzene rings is 2. The van der Waals surface area contributed by atoms with Gasteiger partial charge in [-0.25, -0.2) is 0 Å². The van der Waals surface area contributed by atoms with E-state index >= 15 is 0 Å². The van der Waals surface area contributed by atoms with Gasteiger partial charge in [-0.3, -0.25) is 0 Å². The predicted molar refractivity (Wildman–Crippen MR) is 86.1 cm³/mol. The Bertz CT molecular complexity index is 581. The zero-order valence-corrected chi connectivity index (χ0v) is 13.6. The molecule has 2 aromatic carbocycles. The Kier molecular flexibility index (Phi) is 5.07. The second kappa shape index (κ2) is 6.80. The first-order chi connectivity index (χ1) is 9.67. The number of aryl methyl sites for hydroxylation is 1. The first kappa shape index (κ1) is 14.9. The summed E-state index contributed by atoms with van der Waals surface area (Å²) in [5.41, 5.74) is 3.43. The molecule has 2 aromatic rings. The van der Waals surface area contributed by atoms with Gasteiger partial charge < -0.3 is 9.47 Å². The van der Waals surface area contributed by atoms with Crippen LogP contribution in [0.3, 0.4) is 0 Å². The van der Waals surface area contributed by atoms with E-state index in [1.54, 1.807) is 7.11 Å². The molecule has 0 heterocycles. The van der Waals surface area contributed by atoms with E-state index in [4.69, 9.17) is 9.47 Å². The molecule has 3 heteroatoms. The fourth-order valence-corrected chi connectivity index (χ4v) is 2.93. The standard InChI is InChI=1S/C17H19BrO2/c1-4-20-16-10-9-12(2)11-14(16)17(18)13-7-5-6-8-15(13)19-3/h5-11,17H,4H2,1-3H3. The van der Waals surface area contributed by atoms with Gasteiger partial charge in [0.25, 0.3) is 0 Å². The SMILES string of the molecule is CCOc1ccc(C)cc1C(Br)c1ccccc1OC. The Morgan fingerprint density at radius 2 is 1.80 bits per heavy atom. The van der Waals surface area contributed by atoms with Gasteiger partial charge in [0.2, 0.25) is 0 Å². The topological polar surface area (TPSA) is 18.5 Å². The molecule has 1 atom stereocenters. The quantitative estimate of drug-likeness (QED) is 0.725. The molecule has 20 heavy (non-hydrogen) atoms. The molecule has 0 fully saturated rings. The normalized spacial score (nSPS) is 12.0. The van der Waals surface area contributed by atoms with Gasteiger partial charge in [-0.15, -0.1) is 0 Å². The van der Waals surface area contributed by atoms with Crippen LogP contribution in [0.2, 0.25) is 0 Å². The molecule has 0 N–H and O–H groups in total. The zero-order chi connectivity index (χ0) is 14.5. The summed E-state index contributed by atoms with van der Waals surface area (Å²) >= 11 is 3.78. The lowest BCUT2D eigenvalue weighted by atomic mass is 10.0. The van der Waals surface area contributed by atoms with Crippen LogP contribution in [-0.2, 0) is 0 Å². The fourth-order valence-electron chi connectivity index (χ4n) is 2.20. The molecule has 0 aromatic heterocycles. The van der Waals surface area contributed by atoms with Crippen molar-refractivity contribution in [2.45, 2.75) is 18.7 Å². The third-order valence-electron chi connectivity index (χ3n) is 3.15. The highest BCUT2D eigenvalue weighted by atomic mass is 79.9. The molecule has 2 rings (SSSR count). The Morgan fingerprint density at radius 3 is 2.50 bits per heavy atom. The van der Waals surface area contributed by atoms with Crippen molar-refractivity contribution in [1.29, 1.82) is 0 Å². The predicted octanol–water partition coefficient (Wildman–Crippen LogP) is 4.89. The minimum atomic E-state index is 0.0418. The number of rotatable bonds is 5. The number of alkyl halides is 1. The smallest absolute Gasteiger partial charge is 0.123 e. The van der Waals surface area contributed by atoms with E-state index in [1.807, 2.05) is 31.2 Å². The van der Waals surface area contributed by atoms with Crippen molar-refractivity contribution < 1.29 is 9.47 Å². The summed E-state index contributed by atoms with van der Waals surface area (Å²) in [6.45, 7) is 4.73. The van der Waals surface area contributed by atoms with E-state index in [0.717, 1.165) is 22.6 Å². The van der Waals surface area contributed by atoms with Crippen LogP contribution in [-0.4, -0.2) is 13.7 Å². The van der Waals surface area contributed by atoms with Gasteiger partial charge in [-0.05, 0) is 26.0 Å². The fraction of sp³-hybridized carbons (Fsp3) is 0.294. The summed E-state index contributed by atoms with van der Waals surface area (Å²) in [5, 5.41) is 0. The average molecular weight is 335 g/mol. The molecule has 106 valence electrons. The number of halogens is 1. The van der Waals surface area contributed by atoms with Crippen LogP contribution in [0.15, 0.2) is 42.5 Å². The summed E-state index contributed by atoms with van der Waals surface area (Å²) in [4.78, 5) is 0.0418. The molecule has 1 unspecified atom stereocenters. The van der Waals surface area contributed by atoms with Crippen molar-refractivity contribution >= 4 is 15.9 Å². The molecular formula is C17H19BrO2. The van der Waals surface area contributed by atoms with Crippen LogP contribution in [0.5, 0.6) is 11.5 Å². The van der Waals surface area contributed by atoms with Crippen molar-refractivity contribution in [3.05, 3.63) is 59.2 Å². The minimum absolute atomic E-state index is 0.0418. The van der Waals surface area contributed by atoms with E-state index < -0.39 is 0 Å². The Hall–Kier alpha value is -1.48. The lowest BCUT2D eigenvalue weighted by Gasteiger charge is -2.18. The van der Waals surface area contributed by atoms with Crippen molar-refractivity contribution in [3.63, 3.8) is 0 Å². The van der Waals surface area contributed by atoms with E-state index in [-0.39, 0.29) is 4.83 Å². The highest BCUT2D eigenvalue weighted by molar-refractivity contribution is 9.09. The van der Waals surface area contributed by atoms with Gasteiger partial charge in [0.15, 0.2) is 0 Å². The van der Waals surface area contributed by atoms with Crippen molar-refractivity contribution in [1.82, 2.24) is 0 Å². The first-order valence-corrected chi connectivity index (χ1v) is 7.59. The Morgan fingerprint density at radius 1 is 1.05 bits per heavy atom. The van der Waals surface area contributed by atoms with Gasteiger partial charge >= 0.3 is 0 Å². The van der Waals surface area contributed by atoms with Crippen molar-refractivity contribution in [2.24, 2.45) is 0 Å². The lowest BCUT2D eigenvalue weighted by molar-refractivity contribution is 0.336. The molecule has 0 spiro atoms. The van der Waals surface area contributed by atoms with E-state index in [0.29, 0.717) is 6.61 Å². The maximum absolute atomic E-state index is 5.74. The summed E-state index contributed by atoms with van der Waals surface area (Å²) in [6, 6.07) is 14.3. The van der Waals surface area contributed by atoms with E-state index in [1.165, 1.54) is 5.56 Å². The Labute approximate surface area is 128 Å². The largest absolute Gasteiger partial charge is 0.496 e. The summed E-state index contributed by atoms with van der Waals surface area (Å²) < 4.78 is 11.2. The van der Waals surface area contributed by atoms with Crippen molar-refractivity contribution in [3.8, 4) is 11.5 Å². The second-order valence-electron chi connectivity index (χ2n) is 4.58. The summed E-state index contributed by atoms with van der Waals surface area (Å²) in [5.74, 6) is 1.78. The zero-order valence-electron chi connectivity index (χ0n) is 12.0. The van der Waals surface area contributed by atoms with Crippen molar-refractivity contribution in [2.75, 3.05) is 13.7 Å². The molecule has 0 radical (unpaired) electrons. The van der Waals surface area contributed by atoms with Gasteiger partial charge in [-0.2, -0.15) is 0 Å². The van der Waals surface area contributed by atoms with Crippen LogP contribution in [0.4, 0.5) is 0 Å². The third kappa shape index (κ3) is 3.15. The molecular weight excluding hydrogens is 316 g/mol.